The Morgan fingerprint density at radius 1 is 0.609 bits per heavy atom. The zero-order chi connectivity index (χ0) is 43.4. The molecule has 10 aromatic rings. The molecule has 4 nitrogen and oxygen atoms in total. The summed E-state index contributed by atoms with van der Waals surface area (Å²) in [5.74, 6) is 0. The average molecular weight is 835 g/mol. The quantitative estimate of drug-likeness (QED) is 0.150. The van der Waals surface area contributed by atoms with Gasteiger partial charge in [-0.25, -0.2) is 0 Å². The molecule has 2 aliphatic heterocycles. The number of hydrogen-bond acceptors (Lipinski definition) is 3. The third kappa shape index (κ3) is 5.13. The summed E-state index contributed by atoms with van der Waals surface area (Å²) in [5.41, 5.74) is 22.4. The Kier molecular flexibility index (Phi) is 8.03. The van der Waals surface area contributed by atoms with Gasteiger partial charge in [-0.1, -0.05) is 109 Å². The maximum Gasteiger partial charge on any atom is 0.333 e. The highest BCUT2D eigenvalue weighted by molar-refractivity contribution is 6.94. The second-order valence-corrected chi connectivity index (χ2v) is 20.8. The van der Waals surface area contributed by atoms with Crippen molar-refractivity contribution in [1.29, 1.82) is 0 Å². The van der Waals surface area contributed by atoms with Crippen LogP contribution in [0.2, 0.25) is 0 Å². The van der Waals surface area contributed by atoms with Crippen LogP contribution in [0.15, 0.2) is 118 Å². The van der Waals surface area contributed by atoms with Crippen molar-refractivity contribution in [1.82, 2.24) is 4.57 Å². The van der Waals surface area contributed by atoms with Crippen molar-refractivity contribution in [3.05, 3.63) is 137 Å². The summed E-state index contributed by atoms with van der Waals surface area (Å²) in [7, 11) is 0. The van der Waals surface area contributed by atoms with Gasteiger partial charge in [0, 0.05) is 49.3 Å². The molecule has 0 radical (unpaired) electrons. The Hall–Kier alpha value is -6.20. The fourth-order valence-corrected chi connectivity index (χ4v) is 12.4. The molecule has 5 heteroatoms. The summed E-state index contributed by atoms with van der Waals surface area (Å²) in [6, 6.07) is 42.0. The van der Waals surface area contributed by atoms with Gasteiger partial charge in [0.2, 0.25) is 0 Å². The zero-order valence-electron chi connectivity index (χ0n) is 38.3. The number of fused-ring (bicyclic) bond motifs is 16. The summed E-state index contributed by atoms with van der Waals surface area (Å²) >= 11 is 0. The molecule has 0 saturated carbocycles. The van der Waals surface area contributed by atoms with Gasteiger partial charge in [-0.15, -0.1) is 0 Å². The summed E-state index contributed by atoms with van der Waals surface area (Å²) in [6.45, 7) is 16.7. The molecule has 0 bridgehead atoms. The van der Waals surface area contributed by atoms with Crippen LogP contribution in [0.1, 0.15) is 108 Å². The summed E-state index contributed by atoms with van der Waals surface area (Å²) in [5, 5.41) is 7.31. The Morgan fingerprint density at radius 2 is 1.30 bits per heavy atom. The molecule has 0 amide bonds. The van der Waals surface area contributed by atoms with Gasteiger partial charge in [-0.2, -0.15) is 0 Å². The minimum atomic E-state index is -0.123. The Bertz CT molecular complexity index is 3630. The number of unbranched alkanes of at least 4 members (excludes halogenated alkanes) is 2. The third-order valence-corrected chi connectivity index (χ3v) is 15.9. The van der Waals surface area contributed by atoms with E-state index in [1.807, 2.05) is 0 Å². The maximum atomic E-state index is 7.20. The molecule has 0 fully saturated rings. The predicted molar refractivity (Wildman–Crippen MR) is 272 cm³/mol. The van der Waals surface area contributed by atoms with Crippen LogP contribution in [0.4, 0.5) is 11.4 Å². The number of hydrogen-bond donors (Lipinski definition) is 0. The highest BCUT2D eigenvalue weighted by Gasteiger charge is 2.47. The van der Waals surface area contributed by atoms with Crippen molar-refractivity contribution in [3.63, 3.8) is 0 Å². The highest BCUT2D eigenvalue weighted by atomic mass is 16.3. The van der Waals surface area contributed by atoms with E-state index in [0.717, 1.165) is 70.6 Å². The number of benzene rings is 7. The topological polar surface area (TPSA) is 34.5 Å². The minimum absolute atomic E-state index is 0.0436. The first kappa shape index (κ1) is 38.3. The molecule has 316 valence electrons. The van der Waals surface area contributed by atoms with Crippen molar-refractivity contribution < 1.29 is 8.83 Å². The Labute approximate surface area is 375 Å². The molecule has 13 rings (SSSR count). The zero-order valence-corrected chi connectivity index (χ0v) is 38.3. The lowest BCUT2D eigenvalue weighted by Crippen LogP contribution is -2.61. The standard InChI is InChI=1S/C59H55BN2O2/c1-8-10-16-35-22-23-46-39(29-35)40-30-36(17-11-9-2)31-45-55(40)61(46)56-54-42(32-41-37-18-12-14-20-49(37)64-57(41)56)52-47(24-25-51-53(52)38-19-13-15-21-50(38)63-51)62(60(45)54)48-33-44-43(28-34(48)3)58(4,5)26-27-59(44,6)7/h12-15,18-25,28-33H,8-11,16-17,26-27H2,1-7H3. The number of aryl methyl sites for hydroxylation is 3. The number of aromatic nitrogens is 1. The minimum Gasteiger partial charge on any atom is -0.456 e. The van der Waals surface area contributed by atoms with Gasteiger partial charge in [-0.3, -0.25) is 0 Å². The van der Waals surface area contributed by atoms with Crippen LogP contribution < -0.4 is 15.7 Å². The van der Waals surface area contributed by atoms with Gasteiger partial charge in [0.15, 0.2) is 5.58 Å². The second-order valence-electron chi connectivity index (χ2n) is 20.8. The summed E-state index contributed by atoms with van der Waals surface area (Å²) in [6.07, 6.45) is 9.16. The third-order valence-electron chi connectivity index (χ3n) is 15.9. The molecule has 0 saturated heterocycles. The van der Waals surface area contributed by atoms with Gasteiger partial charge < -0.3 is 18.2 Å². The highest BCUT2D eigenvalue weighted by Crippen LogP contribution is 2.54. The first-order chi connectivity index (χ1) is 31.1. The molecule has 64 heavy (non-hydrogen) atoms. The molecular weight excluding hydrogens is 779 g/mol. The van der Waals surface area contributed by atoms with E-state index in [1.54, 1.807) is 0 Å². The first-order valence-electron chi connectivity index (χ1n) is 24.0. The Morgan fingerprint density at radius 3 is 2.06 bits per heavy atom. The van der Waals surface area contributed by atoms with Gasteiger partial charge in [0.1, 0.15) is 16.7 Å². The van der Waals surface area contributed by atoms with Crippen molar-refractivity contribution in [2.45, 2.75) is 111 Å². The lowest BCUT2D eigenvalue weighted by Gasteiger charge is -2.46. The SMILES string of the molecule is CCCCc1ccc2c(c1)c1cc(CCCC)cc3c1n2-c1c2c(cc4c1oc1ccccc14)-c1c(ccc4oc5ccccc5c14)N(c1cc4c(cc1C)C(C)(C)CCC4(C)C)B23. The molecule has 7 aromatic carbocycles. The van der Waals surface area contributed by atoms with E-state index in [1.165, 1.54) is 113 Å². The van der Waals surface area contributed by atoms with Gasteiger partial charge >= 0.3 is 6.85 Å². The molecular formula is C59H55BN2O2. The van der Waals surface area contributed by atoms with Gasteiger partial charge in [0.25, 0.3) is 0 Å². The van der Waals surface area contributed by atoms with Crippen LogP contribution in [-0.2, 0) is 23.7 Å². The van der Waals surface area contributed by atoms with Crippen LogP contribution in [0, 0.1) is 6.92 Å². The van der Waals surface area contributed by atoms with Crippen LogP contribution in [-0.4, -0.2) is 11.4 Å². The van der Waals surface area contributed by atoms with E-state index in [0.29, 0.717) is 0 Å². The number of anilines is 2. The van der Waals surface area contributed by atoms with Crippen molar-refractivity contribution >= 4 is 94.8 Å². The largest absolute Gasteiger partial charge is 0.456 e. The summed E-state index contributed by atoms with van der Waals surface area (Å²) in [4.78, 5) is 2.76. The van der Waals surface area contributed by atoms with E-state index in [2.05, 4.69) is 167 Å². The molecule has 0 N–H and O–H groups in total. The number of furan rings is 2. The number of nitrogens with zero attached hydrogens (tertiary/aromatic N) is 2. The molecule has 0 spiro atoms. The monoisotopic (exact) mass is 834 g/mol. The molecule has 3 aromatic heterocycles. The van der Waals surface area contributed by atoms with E-state index in [-0.39, 0.29) is 17.7 Å². The predicted octanol–water partition coefficient (Wildman–Crippen LogP) is 15.2. The van der Waals surface area contributed by atoms with Gasteiger partial charge in [-0.05, 0) is 155 Å². The Balaban J connectivity index is 1.25. The molecule has 5 heterocycles. The van der Waals surface area contributed by atoms with Crippen molar-refractivity contribution in [2.75, 3.05) is 4.81 Å². The van der Waals surface area contributed by atoms with Crippen LogP contribution in [0.25, 0.3) is 82.5 Å². The van der Waals surface area contributed by atoms with Crippen LogP contribution >= 0.6 is 0 Å². The van der Waals surface area contributed by atoms with Crippen LogP contribution in [0.5, 0.6) is 0 Å². The molecule has 0 atom stereocenters. The second kappa shape index (κ2) is 13.4. The normalized spacial score (nSPS) is 15.9. The fourth-order valence-electron chi connectivity index (χ4n) is 12.4. The fraction of sp³-hybridized carbons (Fsp3) is 0.288. The van der Waals surface area contributed by atoms with E-state index in [4.69, 9.17) is 8.83 Å². The molecule has 1 aliphatic carbocycles. The summed E-state index contributed by atoms with van der Waals surface area (Å²) < 4.78 is 16.6. The smallest absolute Gasteiger partial charge is 0.333 e. The van der Waals surface area contributed by atoms with E-state index >= 15 is 0 Å². The lowest BCUT2D eigenvalue weighted by atomic mass is 9.43. The van der Waals surface area contributed by atoms with Crippen molar-refractivity contribution in [2.24, 2.45) is 0 Å². The van der Waals surface area contributed by atoms with E-state index < -0.39 is 0 Å². The van der Waals surface area contributed by atoms with Crippen molar-refractivity contribution in [3.8, 4) is 16.8 Å². The van der Waals surface area contributed by atoms with Gasteiger partial charge in [0.05, 0.1) is 16.7 Å². The first-order valence-corrected chi connectivity index (χ1v) is 24.0. The van der Waals surface area contributed by atoms with Crippen LogP contribution in [0.3, 0.4) is 0 Å². The number of rotatable bonds is 7. The molecule has 3 aliphatic rings. The molecule has 0 unspecified atom stereocenters. The lowest BCUT2D eigenvalue weighted by molar-refractivity contribution is 0.332. The maximum absolute atomic E-state index is 7.20. The average Bonchev–Trinajstić information content (AvgIpc) is 3.97. The number of para-hydroxylation sites is 2. The van der Waals surface area contributed by atoms with E-state index in [9.17, 15) is 0 Å².